The lowest BCUT2D eigenvalue weighted by Crippen LogP contribution is -2.71. The van der Waals surface area contributed by atoms with Crippen LogP contribution in [0.15, 0.2) is 58.4 Å². The van der Waals surface area contributed by atoms with Crippen LogP contribution in [0, 0.1) is 17.1 Å². The Morgan fingerprint density at radius 3 is 2.46 bits per heavy atom. The number of carbonyl (C=O) groups is 1. The average molecular weight is 559 g/mol. The van der Waals surface area contributed by atoms with Gasteiger partial charge in [-0.3, -0.25) is 19.3 Å². The number of carbonyl (C=O) groups excluding carboxylic acids is 1. The number of pyridine rings is 1. The molecule has 202 valence electrons. The third kappa shape index (κ3) is 3.95. The van der Waals surface area contributed by atoms with Crippen LogP contribution in [0.5, 0.6) is 5.75 Å². The van der Waals surface area contributed by atoms with Crippen molar-refractivity contribution in [3.8, 4) is 11.8 Å². The Balaban J connectivity index is 1.91. The molecule has 39 heavy (non-hydrogen) atoms. The summed E-state index contributed by atoms with van der Waals surface area (Å²) >= 11 is 1.15. The van der Waals surface area contributed by atoms with Crippen LogP contribution in [0.4, 0.5) is 17.6 Å². The number of aromatic nitrogens is 1. The van der Waals surface area contributed by atoms with Gasteiger partial charge in [-0.1, -0.05) is 24.3 Å². The minimum atomic E-state index is -4.85. The Kier molecular flexibility index (Phi) is 6.18. The van der Waals surface area contributed by atoms with Crippen molar-refractivity contribution >= 4 is 17.7 Å². The van der Waals surface area contributed by atoms with Crippen molar-refractivity contribution in [2.75, 3.05) is 5.01 Å². The number of alkyl halides is 3. The summed E-state index contributed by atoms with van der Waals surface area (Å²) in [6.45, 7) is 3.65. The van der Waals surface area contributed by atoms with Gasteiger partial charge in [-0.25, -0.2) is 4.39 Å². The van der Waals surface area contributed by atoms with E-state index in [4.69, 9.17) is 0 Å². The number of benzene rings is 2. The molecular weight excluding hydrogens is 536 g/mol. The first-order valence-corrected chi connectivity index (χ1v) is 12.9. The second-order valence-corrected chi connectivity index (χ2v) is 10.8. The molecule has 2 aliphatic rings. The van der Waals surface area contributed by atoms with E-state index in [2.05, 4.69) is 6.07 Å². The molecule has 0 unspecified atom stereocenters. The highest BCUT2D eigenvalue weighted by molar-refractivity contribution is 7.98. The number of amides is 1. The molecule has 0 saturated carbocycles. The Hall–Kier alpha value is -3.98. The first-order valence-electron chi connectivity index (χ1n) is 11.9. The Morgan fingerprint density at radius 2 is 1.79 bits per heavy atom. The number of halogens is 4. The summed E-state index contributed by atoms with van der Waals surface area (Å²) in [5, 5.41) is 21.9. The van der Waals surface area contributed by atoms with E-state index in [-0.39, 0.29) is 10.6 Å². The van der Waals surface area contributed by atoms with Crippen molar-refractivity contribution in [3.63, 3.8) is 0 Å². The Bertz CT molecular complexity index is 1610. The minimum Gasteiger partial charge on any atom is -0.502 e. The van der Waals surface area contributed by atoms with E-state index in [0.29, 0.717) is 27.2 Å². The maximum Gasteiger partial charge on any atom is 0.408 e. The van der Waals surface area contributed by atoms with Gasteiger partial charge in [0.05, 0.1) is 17.7 Å². The number of hydrogen-bond donors (Lipinski definition) is 1. The van der Waals surface area contributed by atoms with Crippen LogP contribution >= 0.6 is 11.8 Å². The van der Waals surface area contributed by atoms with Gasteiger partial charge in [-0.05, 0) is 49.6 Å². The van der Waals surface area contributed by atoms with E-state index >= 15 is 4.39 Å². The molecule has 3 aromatic rings. The molecule has 1 aromatic heterocycles. The molecule has 1 N–H and O–H groups in total. The summed E-state index contributed by atoms with van der Waals surface area (Å²) in [7, 11) is 0. The van der Waals surface area contributed by atoms with Crippen molar-refractivity contribution in [3.05, 3.63) is 92.6 Å². The van der Waals surface area contributed by atoms with Crippen LogP contribution in [0.1, 0.15) is 59.6 Å². The SMILES string of the molecule is C[C@@H](N1C(=O)c2c(O)c(=O)ccn2N([C@H]2c3cccc(C#N)c3CSc3c(F)cccc32)C1(C)C)C(F)(F)F. The predicted molar refractivity (Wildman–Crippen MR) is 135 cm³/mol. The molecule has 2 aliphatic heterocycles. The standard InChI is InChI=1S/C27H22F4N4O3S/c1-14(27(29,30)31)34-25(38)22-23(37)20(36)10-11-33(22)35(26(34,2)3)21-16-7-4-6-15(12-32)18(16)13-39-24-17(21)8-5-9-19(24)28/h4-11,14,21,37H,13H2,1-3H3/t14-,21+/m1/s1. The van der Waals surface area contributed by atoms with Crippen molar-refractivity contribution in [2.24, 2.45) is 0 Å². The summed E-state index contributed by atoms with van der Waals surface area (Å²) in [4.78, 5) is 26.8. The van der Waals surface area contributed by atoms with Crippen molar-refractivity contribution in [2.45, 2.75) is 55.3 Å². The fraction of sp³-hybridized carbons (Fsp3) is 0.296. The molecule has 0 radical (unpaired) electrons. The molecule has 7 nitrogen and oxygen atoms in total. The first kappa shape index (κ1) is 26.6. The zero-order chi connectivity index (χ0) is 28.4. The van der Waals surface area contributed by atoms with E-state index in [1.807, 2.05) is 0 Å². The maximum absolute atomic E-state index is 15.2. The number of hydrogen-bond acceptors (Lipinski definition) is 6. The van der Waals surface area contributed by atoms with Gasteiger partial charge in [-0.2, -0.15) is 18.4 Å². The van der Waals surface area contributed by atoms with E-state index in [1.54, 1.807) is 24.3 Å². The molecule has 5 rings (SSSR count). The van der Waals surface area contributed by atoms with Crippen LogP contribution < -0.4 is 10.4 Å². The van der Waals surface area contributed by atoms with Crippen LogP contribution in [0.2, 0.25) is 0 Å². The van der Waals surface area contributed by atoms with Gasteiger partial charge in [0.25, 0.3) is 5.91 Å². The molecular formula is C27H22F4N4O3S. The number of fused-ring (bicyclic) bond motifs is 3. The molecule has 0 fully saturated rings. The zero-order valence-electron chi connectivity index (χ0n) is 21.0. The number of aromatic hydroxyl groups is 1. The second kappa shape index (κ2) is 9.05. The average Bonchev–Trinajstić information content (AvgIpc) is 3.03. The van der Waals surface area contributed by atoms with Crippen molar-refractivity contribution in [1.29, 1.82) is 5.26 Å². The summed E-state index contributed by atoms with van der Waals surface area (Å²) in [6, 6.07) is 9.10. The van der Waals surface area contributed by atoms with Crippen LogP contribution in [-0.2, 0) is 5.75 Å². The third-order valence-electron chi connectivity index (χ3n) is 7.24. The van der Waals surface area contributed by atoms with E-state index in [1.165, 1.54) is 37.2 Å². The van der Waals surface area contributed by atoms with Crippen molar-refractivity contribution in [1.82, 2.24) is 9.58 Å². The second-order valence-electron chi connectivity index (χ2n) is 9.79. The third-order valence-corrected chi connectivity index (χ3v) is 8.40. The monoisotopic (exact) mass is 558 g/mol. The van der Waals surface area contributed by atoms with Gasteiger partial charge in [0.1, 0.15) is 17.5 Å². The molecule has 2 aromatic carbocycles. The fourth-order valence-corrected chi connectivity index (χ4v) is 6.63. The van der Waals surface area contributed by atoms with Crippen LogP contribution in [0.3, 0.4) is 0 Å². The summed E-state index contributed by atoms with van der Waals surface area (Å²) in [5.74, 6) is -2.54. The number of nitrogens with zero attached hydrogens (tertiary/aromatic N) is 4. The van der Waals surface area contributed by atoms with E-state index < -0.39 is 52.5 Å². The molecule has 0 bridgehead atoms. The largest absolute Gasteiger partial charge is 0.502 e. The first-order chi connectivity index (χ1) is 18.3. The van der Waals surface area contributed by atoms with Crippen molar-refractivity contribution < 1.29 is 27.5 Å². The Morgan fingerprint density at radius 1 is 1.13 bits per heavy atom. The molecule has 1 amide bonds. The highest BCUT2D eigenvalue weighted by atomic mass is 32.2. The highest BCUT2D eigenvalue weighted by Gasteiger charge is 2.56. The molecule has 2 atom stereocenters. The van der Waals surface area contributed by atoms with Gasteiger partial charge in [-0.15, -0.1) is 11.8 Å². The summed E-state index contributed by atoms with van der Waals surface area (Å²) < 4.78 is 58.8. The lowest BCUT2D eigenvalue weighted by molar-refractivity contribution is -0.185. The predicted octanol–water partition coefficient (Wildman–Crippen LogP) is 5.04. The summed E-state index contributed by atoms with van der Waals surface area (Å²) in [6.07, 6.45) is -3.64. The molecule has 0 spiro atoms. The lowest BCUT2D eigenvalue weighted by atomic mass is 9.89. The van der Waals surface area contributed by atoms with Gasteiger partial charge < -0.3 is 10.0 Å². The topological polar surface area (TPSA) is 89.6 Å². The number of nitriles is 1. The smallest absolute Gasteiger partial charge is 0.408 e. The quantitative estimate of drug-likeness (QED) is 0.444. The lowest BCUT2D eigenvalue weighted by Gasteiger charge is -2.56. The molecule has 3 heterocycles. The van der Waals surface area contributed by atoms with Crippen LogP contribution in [-0.4, -0.2) is 38.5 Å². The maximum atomic E-state index is 15.2. The molecule has 0 aliphatic carbocycles. The zero-order valence-corrected chi connectivity index (χ0v) is 21.8. The van der Waals surface area contributed by atoms with Gasteiger partial charge in [0, 0.05) is 22.9 Å². The summed E-state index contributed by atoms with van der Waals surface area (Å²) in [5.41, 5.74) is -1.57. The fourth-order valence-electron chi connectivity index (χ4n) is 5.46. The highest BCUT2D eigenvalue weighted by Crippen LogP contribution is 2.48. The molecule has 0 saturated heterocycles. The Labute approximate surface area is 224 Å². The van der Waals surface area contributed by atoms with E-state index in [0.717, 1.165) is 29.4 Å². The van der Waals surface area contributed by atoms with Gasteiger partial charge in [0.2, 0.25) is 5.43 Å². The normalized spacial score (nSPS) is 18.9. The van der Waals surface area contributed by atoms with Gasteiger partial charge in [0.15, 0.2) is 11.4 Å². The molecule has 12 heteroatoms. The number of thioether (sulfide) groups is 1. The van der Waals surface area contributed by atoms with Crippen LogP contribution in [0.25, 0.3) is 0 Å². The van der Waals surface area contributed by atoms with Gasteiger partial charge >= 0.3 is 6.18 Å². The number of rotatable bonds is 2. The van der Waals surface area contributed by atoms with E-state index in [9.17, 15) is 33.1 Å². The minimum absolute atomic E-state index is 0.210.